The summed E-state index contributed by atoms with van der Waals surface area (Å²) in [5.41, 5.74) is 2.36. The van der Waals surface area contributed by atoms with Gasteiger partial charge in [-0.15, -0.1) is 0 Å². The number of alkyl halides is 1. The average Bonchev–Trinajstić information content (AvgIpc) is 2.56. The van der Waals surface area contributed by atoms with E-state index in [1.807, 2.05) is 48.5 Å². The summed E-state index contributed by atoms with van der Waals surface area (Å²) >= 11 is 0. The Kier molecular flexibility index (Phi) is 6.88. The van der Waals surface area contributed by atoms with E-state index in [1.54, 1.807) is 6.92 Å². The summed E-state index contributed by atoms with van der Waals surface area (Å²) in [7, 11) is 0. The summed E-state index contributed by atoms with van der Waals surface area (Å²) in [5.74, 6) is 1.52. The van der Waals surface area contributed by atoms with Crippen LogP contribution < -0.4 is 9.47 Å². The number of aliphatic hydroxyl groups excluding tert-OH is 1. The molecule has 4 heteroatoms. The van der Waals surface area contributed by atoms with Crippen molar-refractivity contribution in [3.05, 3.63) is 59.7 Å². The van der Waals surface area contributed by atoms with Crippen LogP contribution in [-0.4, -0.2) is 31.1 Å². The number of hydrogen-bond acceptors (Lipinski definition) is 3. The van der Waals surface area contributed by atoms with E-state index in [0.29, 0.717) is 19.6 Å². The molecule has 1 atom stereocenters. The van der Waals surface area contributed by atoms with Gasteiger partial charge in [0.05, 0.1) is 19.4 Å². The molecule has 2 aromatic carbocycles. The minimum absolute atomic E-state index is 0.295. The molecule has 0 radical (unpaired) electrons. The van der Waals surface area contributed by atoms with E-state index in [-0.39, 0.29) is 6.67 Å². The second-order valence-corrected chi connectivity index (χ2v) is 5.52. The number of halogens is 1. The van der Waals surface area contributed by atoms with Gasteiger partial charge in [-0.05, 0) is 48.7 Å². The molecule has 0 fully saturated rings. The van der Waals surface area contributed by atoms with Gasteiger partial charge in [0.15, 0.2) is 0 Å². The van der Waals surface area contributed by atoms with E-state index in [4.69, 9.17) is 9.47 Å². The summed E-state index contributed by atoms with van der Waals surface area (Å²) in [6.07, 6.45) is 0.771. The smallest absolute Gasteiger partial charge is 0.119 e. The van der Waals surface area contributed by atoms with Crippen molar-refractivity contribution in [2.75, 3.05) is 19.9 Å². The van der Waals surface area contributed by atoms with Crippen LogP contribution in [0.5, 0.6) is 11.5 Å². The van der Waals surface area contributed by atoms with Gasteiger partial charge in [0.2, 0.25) is 0 Å². The first-order valence-electron chi connectivity index (χ1n) is 7.85. The highest BCUT2D eigenvalue weighted by atomic mass is 19.1. The SMILES string of the molecule is CC(O)COc1ccc(Cc2ccc(OCCCF)cc2)cc1. The first kappa shape index (κ1) is 17.3. The predicted octanol–water partition coefficient (Wildman–Crippen LogP) is 3.78. The first-order chi connectivity index (χ1) is 11.2. The lowest BCUT2D eigenvalue weighted by Crippen LogP contribution is -2.12. The molecular weight excluding hydrogens is 295 g/mol. The van der Waals surface area contributed by atoms with Gasteiger partial charge in [0.1, 0.15) is 18.1 Å². The van der Waals surface area contributed by atoms with Crippen molar-refractivity contribution < 1.29 is 19.0 Å². The molecule has 0 saturated carbocycles. The molecule has 1 unspecified atom stereocenters. The van der Waals surface area contributed by atoms with Gasteiger partial charge in [-0.25, -0.2) is 0 Å². The standard InChI is InChI=1S/C19H23FO3/c1-15(21)14-23-19-9-5-17(6-10-19)13-16-3-7-18(8-4-16)22-12-2-11-20/h3-10,15,21H,2,11-14H2,1H3. The summed E-state index contributed by atoms with van der Waals surface area (Å²) in [4.78, 5) is 0. The van der Waals surface area contributed by atoms with Crippen LogP contribution in [-0.2, 0) is 6.42 Å². The third-order valence-corrected chi connectivity index (χ3v) is 3.29. The monoisotopic (exact) mass is 318 g/mol. The van der Waals surface area contributed by atoms with Crippen LogP contribution in [0.15, 0.2) is 48.5 Å². The molecule has 0 amide bonds. The third kappa shape index (κ3) is 6.28. The maximum Gasteiger partial charge on any atom is 0.119 e. The zero-order valence-corrected chi connectivity index (χ0v) is 13.4. The van der Waals surface area contributed by atoms with E-state index in [2.05, 4.69) is 0 Å². The minimum Gasteiger partial charge on any atom is -0.494 e. The Balaban J connectivity index is 1.86. The fourth-order valence-electron chi connectivity index (χ4n) is 2.10. The zero-order valence-electron chi connectivity index (χ0n) is 13.4. The maximum absolute atomic E-state index is 12.0. The lowest BCUT2D eigenvalue weighted by atomic mass is 10.0. The average molecular weight is 318 g/mol. The van der Waals surface area contributed by atoms with Crippen LogP contribution in [0.4, 0.5) is 4.39 Å². The van der Waals surface area contributed by atoms with Crippen molar-refractivity contribution in [3.8, 4) is 11.5 Å². The first-order valence-corrected chi connectivity index (χ1v) is 7.85. The van der Waals surface area contributed by atoms with Crippen LogP contribution in [0.25, 0.3) is 0 Å². The normalized spacial score (nSPS) is 12.0. The zero-order chi connectivity index (χ0) is 16.5. The molecule has 0 aromatic heterocycles. The molecule has 0 aliphatic carbocycles. The topological polar surface area (TPSA) is 38.7 Å². The predicted molar refractivity (Wildman–Crippen MR) is 89.0 cm³/mol. The summed E-state index contributed by atoms with van der Waals surface area (Å²) < 4.78 is 22.9. The van der Waals surface area contributed by atoms with Crippen molar-refractivity contribution in [2.24, 2.45) is 0 Å². The van der Waals surface area contributed by atoms with Gasteiger partial charge in [-0.2, -0.15) is 0 Å². The third-order valence-electron chi connectivity index (χ3n) is 3.29. The number of ether oxygens (including phenoxy) is 2. The molecular formula is C19H23FO3. The van der Waals surface area contributed by atoms with Gasteiger partial charge < -0.3 is 14.6 Å². The summed E-state index contributed by atoms with van der Waals surface area (Å²) in [6, 6.07) is 15.7. The Labute approximate surface area is 136 Å². The van der Waals surface area contributed by atoms with E-state index in [0.717, 1.165) is 17.9 Å². The molecule has 0 spiro atoms. The van der Waals surface area contributed by atoms with Crippen molar-refractivity contribution >= 4 is 0 Å². The van der Waals surface area contributed by atoms with E-state index >= 15 is 0 Å². The van der Waals surface area contributed by atoms with Gasteiger partial charge in [0, 0.05) is 6.42 Å². The van der Waals surface area contributed by atoms with Crippen molar-refractivity contribution in [3.63, 3.8) is 0 Å². The minimum atomic E-state index is -0.472. The molecule has 124 valence electrons. The van der Waals surface area contributed by atoms with Crippen LogP contribution in [0.3, 0.4) is 0 Å². The summed E-state index contributed by atoms with van der Waals surface area (Å²) in [6.45, 7) is 2.04. The quantitative estimate of drug-likeness (QED) is 0.715. The van der Waals surface area contributed by atoms with Crippen LogP contribution in [0.2, 0.25) is 0 Å². The summed E-state index contributed by atoms with van der Waals surface area (Å²) in [5, 5.41) is 9.20. The molecule has 0 aliphatic heterocycles. The van der Waals surface area contributed by atoms with E-state index < -0.39 is 6.10 Å². The second kappa shape index (κ2) is 9.16. The van der Waals surface area contributed by atoms with E-state index in [9.17, 15) is 9.50 Å². The Morgan fingerprint density at radius 2 is 1.43 bits per heavy atom. The second-order valence-electron chi connectivity index (χ2n) is 5.52. The largest absolute Gasteiger partial charge is 0.494 e. The number of benzene rings is 2. The van der Waals surface area contributed by atoms with E-state index in [1.165, 1.54) is 11.1 Å². The molecule has 2 rings (SSSR count). The molecule has 2 aromatic rings. The van der Waals surface area contributed by atoms with Crippen molar-refractivity contribution in [2.45, 2.75) is 25.9 Å². The molecule has 23 heavy (non-hydrogen) atoms. The molecule has 1 N–H and O–H groups in total. The fraction of sp³-hybridized carbons (Fsp3) is 0.368. The van der Waals surface area contributed by atoms with Crippen molar-refractivity contribution in [1.29, 1.82) is 0 Å². The Bertz CT molecular complexity index is 564. The molecule has 0 aliphatic rings. The highest BCUT2D eigenvalue weighted by Crippen LogP contribution is 2.18. The highest BCUT2D eigenvalue weighted by molar-refractivity contribution is 5.34. The highest BCUT2D eigenvalue weighted by Gasteiger charge is 2.01. The molecule has 0 bridgehead atoms. The lowest BCUT2D eigenvalue weighted by molar-refractivity contribution is 0.122. The van der Waals surface area contributed by atoms with Crippen molar-refractivity contribution in [1.82, 2.24) is 0 Å². The van der Waals surface area contributed by atoms with Crippen LogP contribution in [0, 0.1) is 0 Å². The van der Waals surface area contributed by atoms with Crippen LogP contribution in [0.1, 0.15) is 24.5 Å². The Morgan fingerprint density at radius 3 is 1.91 bits per heavy atom. The Hall–Kier alpha value is -2.07. The molecule has 0 heterocycles. The van der Waals surface area contributed by atoms with Gasteiger partial charge in [-0.3, -0.25) is 4.39 Å². The van der Waals surface area contributed by atoms with Gasteiger partial charge >= 0.3 is 0 Å². The Morgan fingerprint density at radius 1 is 0.913 bits per heavy atom. The number of aliphatic hydroxyl groups is 1. The van der Waals surface area contributed by atoms with Crippen LogP contribution >= 0.6 is 0 Å². The number of rotatable bonds is 9. The number of hydrogen-bond donors (Lipinski definition) is 1. The maximum atomic E-state index is 12.0. The molecule has 3 nitrogen and oxygen atoms in total. The fourth-order valence-corrected chi connectivity index (χ4v) is 2.10. The van der Waals surface area contributed by atoms with Gasteiger partial charge in [-0.1, -0.05) is 24.3 Å². The lowest BCUT2D eigenvalue weighted by Gasteiger charge is -2.09. The molecule has 0 saturated heterocycles. The van der Waals surface area contributed by atoms with Gasteiger partial charge in [0.25, 0.3) is 0 Å².